The lowest BCUT2D eigenvalue weighted by Gasteiger charge is -2.33. The van der Waals surface area contributed by atoms with Crippen LogP contribution in [0.15, 0.2) is 36.4 Å². The van der Waals surface area contributed by atoms with Gasteiger partial charge in [0.15, 0.2) is 5.78 Å². The Bertz CT molecular complexity index is 807. The van der Waals surface area contributed by atoms with Gasteiger partial charge in [0.25, 0.3) is 0 Å². The molecule has 1 aromatic carbocycles. The molecule has 0 N–H and O–H groups in total. The normalized spacial score (nSPS) is 15.5. The summed E-state index contributed by atoms with van der Waals surface area (Å²) in [7, 11) is 2.15. The lowest BCUT2D eigenvalue weighted by Crippen LogP contribution is -2.40. The van der Waals surface area contributed by atoms with Gasteiger partial charge in [-0.15, -0.1) is 11.3 Å². The molecule has 150 valence electrons. The number of amides is 1. The molecule has 0 atom stereocenters. The highest BCUT2D eigenvalue weighted by molar-refractivity contribution is 7.18. The molecule has 3 rings (SSSR count). The van der Waals surface area contributed by atoms with E-state index in [2.05, 4.69) is 24.1 Å². The van der Waals surface area contributed by atoms with Crippen LogP contribution in [0.1, 0.15) is 49.2 Å². The van der Waals surface area contributed by atoms with E-state index in [1.807, 2.05) is 43.0 Å². The van der Waals surface area contributed by atoms with Gasteiger partial charge in [-0.3, -0.25) is 9.59 Å². The number of anilines is 1. The number of nitrogens with zero attached hydrogens (tertiary/aromatic N) is 2. The van der Waals surface area contributed by atoms with E-state index < -0.39 is 0 Å². The van der Waals surface area contributed by atoms with E-state index in [9.17, 15) is 9.59 Å². The number of likely N-dealkylation sites (tertiary alicyclic amines) is 1. The third-order valence-electron chi connectivity index (χ3n) is 5.52. The van der Waals surface area contributed by atoms with Gasteiger partial charge < -0.3 is 9.80 Å². The highest BCUT2D eigenvalue weighted by Crippen LogP contribution is 2.38. The molecule has 1 aromatic heterocycles. The van der Waals surface area contributed by atoms with Crippen LogP contribution in [0.4, 0.5) is 5.69 Å². The number of ketones is 1. The molecule has 0 spiro atoms. The van der Waals surface area contributed by atoms with E-state index in [4.69, 9.17) is 0 Å². The molecule has 2 aromatic rings. The van der Waals surface area contributed by atoms with Crippen molar-refractivity contribution in [2.75, 3.05) is 31.6 Å². The van der Waals surface area contributed by atoms with E-state index in [1.165, 1.54) is 11.3 Å². The second-order valence-corrected chi connectivity index (χ2v) is 8.62. The summed E-state index contributed by atoms with van der Waals surface area (Å²) >= 11 is 1.51. The van der Waals surface area contributed by atoms with Crippen LogP contribution in [0, 0.1) is 5.92 Å². The summed E-state index contributed by atoms with van der Waals surface area (Å²) in [6.45, 7) is 6.62. The van der Waals surface area contributed by atoms with E-state index in [1.54, 1.807) is 0 Å². The van der Waals surface area contributed by atoms with E-state index in [0.29, 0.717) is 25.3 Å². The van der Waals surface area contributed by atoms with Crippen molar-refractivity contribution in [2.45, 2.75) is 39.5 Å². The van der Waals surface area contributed by atoms with Crippen LogP contribution >= 0.6 is 11.3 Å². The summed E-state index contributed by atoms with van der Waals surface area (Å²) in [5.74, 6) is 0.692. The van der Waals surface area contributed by atoms with Gasteiger partial charge in [-0.05, 0) is 50.5 Å². The van der Waals surface area contributed by atoms with Crippen LogP contribution in [0.2, 0.25) is 0 Å². The second kappa shape index (κ2) is 9.48. The van der Waals surface area contributed by atoms with Crippen LogP contribution < -0.4 is 4.90 Å². The number of rotatable bonds is 7. The van der Waals surface area contributed by atoms with E-state index in [0.717, 1.165) is 46.9 Å². The fourth-order valence-electron chi connectivity index (χ4n) is 3.72. The Morgan fingerprint density at radius 1 is 1.11 bits per heavy atom. The minimum absolute atomic E-state index is 0.0986. The average molecular weight is 399 g/mol. The summed E-state index contributed by atoms with van der Waals surface area (Å²) in [5.41, 5.74) is 1.90. The number of carbonyl (C=O) groups is 2. The highest BCUT2D eigenvalue weighted by atomic mass is 32.1. The van der Waals surface area contributed by atoms with Crippen molar-refractivity contribution in [1.82, 2.24) is 4.90 Å². The van der Waals surface area contributed by atoms with Gasteiger partial charge >= 0.3 is 0 Å². The number of benzene rings is 1. The zero-order valence-electron chi connectivity index (χ0n) is 17.1. The molecule has 0 saturated carbocycles. The second-order valence-electron chi connectivity index (χ2n) is 7.57. The first-order valence-electron chi connectivity index (χ1n) is 10.2. The Labute approximate surface area is 172 Å². The smallest absolute Gasteiger partial charge is 0.226 e. The standard InChI is InChI=1S/C23H30N2O2S/c1-4-20(26)23-19(15-21(28-23)18-9-7-6-8-10-18)25(22(27)5-2)16-17-11-13-24(3)14-12-17/h6-10,15,17H,4-5,11-14,16H2,1-3H3. The van der Waals surface area contributed by atoms with Crippen LogP contribution in [0.25, 0.3) is 10.4 Å². The quantitative estimate of drug-likeness (QED) is 0.610. The van der Waals surface area contributed by atoms with Crippen molar-refractivity contribution in [1.29, 1.82) is 0 Å². The molecule has 1 saturated heterocycles. The monoisotopic (exact) mass is 398 g/mol. The van der Waals surface area contributed by atoms with Crippen LogP contribution in [0.5, 0.6) is 0 Å². The van der Waals surface area contributed by atoms with Crippen molar-refractivity contribution in [3.8, 4) is 10.4 Å². The third-order valence-corrected chi connectivity index (χ3v) is 6.73. The number of hydrogen-bond acceptors (Lipinski definition) is 4. The topological polar surface area (TPSA) is 40.6 Å². The minimum Gasteiger partial charge on any atom is -0.311 e. The third kappa shape index (κ3) is 4.70. The Hall–Kier alpha value is -1.98. The van der Waals surface area contributed by atoms with Gasteiger partial charge in [0.2, 0.25) is 5.91 Å². The maximum absolute atomic E-state index is 12.9. The fraction of sp³-hybridized carbons (Fsp3) is 0.478. The van der Waals surface area contributed by atoms with Crippen molar-refractivity contribution in [3.63, 3.8) is 0 Å². The molecule has 28 heavy (non-hydrogen) atoms. The number of piperidine rings is 1. The molecule has 1 fully saturated rings. The van der Waals surface area contributed by atoms with Crippen molar-refractivity contribution < 1.29 is 9.59 Å². The van der Waals surface area contributed by atoms with E-state index in [-0.39, 0.29) is 11.7 Å². The van der Waals surface area contributed by atoms with Gasteiger partial charge in [0, 0.05) is 24.3 Å². The molecule has 0 unspecified atom stereocenters. The van der Waals surface area contributed by atoms with Crippen LogP contribution in [0.3, 0.4) is 0 Å². The molecule has 0 aliphatic carbocycles. The van der Waals surface area contributed by atoms with Crippen LogP contribution in [-0.2, 0) is 4.79 Å². The van der Waals surface area contributed by atoms with Crippen LogP contribution in [-0.4, -0.2) is 43.3 Å². The van der Waals surface area contributed by atoms with Crippen molar-refractivity contribution >= 4 is 28.7 Å². The summed E-state index contributed by atoms with van der Waals surface area (Å²) in [5, 5.41) is 0. The lowest BCUT2D eigenvalue weighted by atomic mass is 9.96. The summed E-state index contributed by atoms with van der Waals surface area (Å²) in [6.07, 6.45) is 3.08. The molecule has 5 heteroatoms. The number of hydrogen-bond donors (Lipinski definition) is 0. The largest absolute Gasteiger partial charge is 0.311 e. The predicted octanol–water partition coefficient (Wildman–Crippen LogP) is 5.09. The van der Waals surface area contributed by atoms with Crippen molar-refractivity contribution in [2.24, 2.45) is 5.92 Å². The number of carbonyl (C=O) groups excluding carboxylic acids is 2. The molecule has 0 bridgehead atoms. The lowest BCUT2D eigenvalue weighted by molar-refractivity contribution is -0.118. The van der Waals surface area contributed by atoms with Gasteiger partial charge in [0.1, 0.15) is 0 Å². The molecule has 1 amide bonds. The number of Topliss-reactive ketones (excluding diaryl/α,β-unsaturated/α-hetero) is 1. The van der Waals surface area contributed by atoms with Gasteiger partial charge in [-0.1, -0.05) is 44.2 Å². The first-order valence-corrected chi connectivity index (χ1v) is 11.1. The van der Waals surface area contributed by atoms with Gasteiger partial charge in [0.05, 0.1) is 10.6 Å². The molecule has 2 heterocycles. The molecule has 0 radical (unpaired) electrons. The summed E-state index contributed by atoms with van der Waals surface area (Å²) in [6, 6.07) is 12.2. The zero-order chi connectivity index (χ0) is 20.1. The Morgan fingerprint density at radius 2 is 1.79 bits per heavy atom. The zero-order valence-corrected chi connectivity index (χ0v) is 17.9. The van der Waals surface area contributed by atoms with Gasteiger partial charge in [-0.25, -0.2) is 0 Å². The highest BCUT2D eigenvalue weighted by Gasteiger charge is 2.27. The predicted molar refractivity (Wildman–Crippen MR) is 117 cm³/mol. The Balaban J connectivity index is 1.96. The molecule has 4 nitrogen and oxygen atoms in total. The van der Waals surface area contributed by atoms with Crippen molar-refractivity contribution in [3.05, 3.63) is 41.3 Å². The first-order chi connectivity index (χ1) is 13.5. The fourth-order valence-corrected chi connectivity index (χ4v) is 4.89. The SMILES string of the molecule is CCC(=O)c1sc(-c2ccccc2)cc1N(CC1CCN(C)CC1)C(=O)CC. The molecule has 1 aliphatic heterocycles. The maximum Gasteiger partial charge on any atom is 0.226 e. The van der Waals surface area contributed by atoms with E-state index >= 15 is 0 Å². The molecular formula is C23H30N2O2S. The Kier molecular flexibility index (Phi) is 7.03. The first kappa shape index (κ1) is 20.7. The molecular weight excluding hydrogens is 368 g/mol. The summed E-state index contributed by atoms with van der Waals surface area (Å²) < 4.78 is 0. The summed E-state index contributed by atoms with van der Waals surface area (Å²) in [4.78, 5) is 31.6. The minimum atomic E-state index is 0.0986. The average Bonchev–Trinajstić information content (AvgIpc) is 3.18. The molecule has 1 aliphatic rings. The number of thiophene rings is 1. The maximum atomic E-state index is 12.9. The van der Waals surface area contributed by atoms with Gasteiger partial charge in [-0.2, -0.15) is 0 Å². The Morgan fingerprint density at radius 3 is 2.39 bits per heavy atom.